The predicted octanol–water partition coefficient (Wildman–Crippen LogP) is 4.60. The molecule has 4 rings (SSSR count). The molecular weight excluding hydrogens is 365 g/mol. The Balaban J connectivity index is 1.43. The Labute approximate surface area is 163 Å². The molecule has 1 saturated carbocycles. The highest BCUT2D eigenvalue weighted by atomic mass is 19.4. The van der Waals surface area contributed by atoms with E-state index in [-0.39, 0.29) is 0 Å². The van der Waals surface area contributed by atoms with E-state index in [0.29, 0.717) is 16.8 Å². The van der Waals surface area contributed by atoms with Crippen LogP contribution in [-0.2, 0) is 6.18 Å². The molecule has 0 N–H and O–H groups in total. The summed E-state index contributed by atoms with van der Waals surface area (Å²) >= 11 is 0. The van der Waals surface area contributed by atoms with Crippen LogP contribution in [0.4, 0.5) is 19.0 Å². The largest absolute Gasteiger partial charge is 0.433 e. The summed E-state index contributed by atoms with van der Waals surface area (Å²) in [5, 5.41) is 0.692. The molecule has 1 aliphatic heterocycles. The molecule has 0 aromatic carbocycles. The fourth-order valence-electron chi connectivity index (χ4n) is 4.14. The van der Waals surface area contributed by atoms with Gasteiger partial charge in [0.05, 0.1) is 5.52 Å². The average Bonchev–Trinajstić information content (AvgIpc) is 3.50. The van der Waals surface area contributed by atoms with E-state index in [2.05, 4.69) is 26.7 Å². The lowest BCUT2D eigenvalue weighted by molar-refractivity contribution is -0.140. The SMILES string of the molecule is CCN(CC1CC1)CC1CCN(c2nccc3nc(C(F)(F)F)ccc23)CC1. The van der Waals surface area contributed by atoms with E-state index >= 15 is 0 Å². The number of hydrogen-bond acceptors (Lipinski definition) is 4. The minimum absolute atomic E-state index is 0.350. The van der Waals surface area contributed by atoms with Crippen LogP contribution in [-0.4, -0.2) is 47.6 Å². The molecule has 2 aromatic rings. The Kier molecular flexibility index (Phi) is 5.45. The predicted molar refractivity (Wildman–Crippen MR) is 104 cm³/mol. The molecule has 0 radical (unpaired) electrons. The van der Waals surface area contributed by atoms with Gasteiger partial charge in [0.25, 0.3) is 0 Å². The van der Waals surface area contributed by atoms with Crippen LogP contribution in [0.25, 0.3) is 10.9 Å². The van der Waals surface area contributed by atoms with Crippen molar-refractivity contribution >= 4 is 16.7 Å². The van der Waals surface area contributed by atoms with Gasteiger partial charge in [0.2, 0.25) is 0 Å². The van der Waals surface area contributed by atoms with Crippen LogP contribution in [0.15, 0.2) is 24.4 Å². The van der Waals surface area contributed by atoms with Gasteiger partial charge < -0.3 is 9.80 Å². The van der Waals surface area contributed by atoms with Crippen molar-refractivity contribution in [1.29, 1.82) is 0 Å². The van der Waals surface area contributed by atoms with Crippen LogP contribution in [0.1, 0.15) is 38.3 Å². The highest BCUT2D eigenvalue weighted by Gasteiger charge is 2.33. The van der Waals surface area contributed by atoms with Gasteiger partial charge in [-0.25, -0.2) is 9.97 Å². The molecule has 7 heteroatoms. The third-order valence-electron chi connectivity index (χ3n) is 5.98. The third kappa shape index (κ3) is 4.40. The molecule has 2 aromatic heterocycles. The van der Waals surface area contributed by atoms with Crippen molar-refractivity contribution in [3.8, 4) is 0 Å². The third-order valence-corrected chi connectivity index (χ3v) is 5.98. The maximum Gasteiger partial charge on any atom is 0.433 e. The van der Waals surface area contributed by atoms with E-state index in [1.807, 2.05) is 0 Å². The van der Waals surface area contributed by atoms with Crippen LogP contribution in [0.5, 0.6) is 0 Å². The number of aromatic nitrogens is 2. The lowest BCUT2D eigenvalue weighted by Gasteiger charge is -2.35. The number of rotatable bonds is 6. The van der Waals surface area contributed by atoms with Gasteiger partial charge in [-0.2, -0.15) is 13.2 Å². The van der Waals surface area contributed by atoms with E-state index < -0.39 is 11.9 Å². The number of nitrogens with zero attached hydrogens (tertiary/aromatic N) is 4. The van der Waals surface area contributed by atoms with E-state index in [0.717, 1.165) is 56.8 Å². The summed E-state index contributed by atoms with van der Waals surface area (Å²) in [5.74, 6) is 2.34. The van der Waals surface area contributed by atoms with Gasteiger partial charge in [-0.15, -0.1) is 0 Å². The van der Waals surface area contributed by atoms with Crippen molar-refractivity contribution in [2.75, 3.05) is 37.6 Å². The molecule has 1 saturated heterocycles. The molecule has 0 spiro atoms. The first-order valence-corrected chi connectivity index (χ1v) is 10.2. The molecule has 0 atom stereocenters. The van der Waals surface area contributed by atoms with Crippen LogP contribution < -0.4 is 4.90 Å². The fraction of sp³-hybridized carbons (Fsp3) is 0.619. The first-order chi connectivity index (χ1) is 13.4. The van der Waals surface area contributed by atoms with Crippen LogP contribution >= 0.6 is 0 Å². The second kappa shape index (κ2) is 7.85. The van der Waals surface area contributed by atoms with Gasteiger partial charge in [-0.05, 0) is 62.3 Å². The summed E-state index contributed by atoms with van der Waals surface area (Å²) in [7, 11) is 0. The number of alkyl halides is 3. The molecule has 0 bridgehead atoms. The van der Waals surface area contributed by atoms with E-state index in [1.54, 1.807) is 12.3 Å². The van der Waals surface area contributed by atoms with E-state index in [9.17, 15) is 13.2 Å². The number of pyridine rings is 2. The van der Waals surface area contributed by atoms with E-state index in [4.69, 9.17) is 0 Å². The van der Waals surface area contributed by atoms with Gasteiger partial charge in [0.1, 0.15) is 11.5 Å². The van der Waals surface area contributed by atoms with Gasteiger partial charge >= 0.3 is 6.18 Å². The number of fused-ring (bicyclic) bond motifs is 1. The Morgan fingerprint density at radius 1 is 1.04 bits per heavy atom. The average molecular weight is 392 g/mol. The summed E-state index contributed by atoms with van der Waals surface area (Å²) < 4.78 is 38.8. The number of halogens is 3. The zero-order valence-electron chi connectivity index (χ0n) is 16.3. The van der Waals surface area contributed by atoms with Gasteiger partial charge in [-0.1, -0.05) is 6.92 Å². The van der Waals surface area contributed by atoms with Gasteiger partial charge in [-0.3, -0.25) is 0 Å². The molecule has 0 amide bonds. The molecule has 152 valence electrons. The topological polar surface area (TPSA) is 32.3 Å². The number of anilines is 1. The number of piperidine rings is 1. The van der Waals surface area contributed by atoms with Crippen molar-refractivity contribution in [3.05, 3.63) is 30.1 Å². The fourth-order valence-corrected chi connectivity index (χ4v) is 4.14. The smallest absolute Gasteiger partial charge is 0.356 e. The molecular formula is C21H27F3N4. The zero-order valence-corrected chi connectivity index (χ0v) is 16.3. The standard InChI is InChI=1S/C21H27F3N4/c1-2-27(13-15-3-4-15)14-16-8-11-28(12-9-16)20-17-5-6-19(21(22,23)24)26-18(17)7-10-25-20/h5-7,10,15-16H,2-4,8-9,11-14H2,1H3. The molecule has 28 heavy (non-hydrogen) atoms. The van der Waals surface area contributed by atoms with Crippen molar-refractivity contribution in [3.63, 3.8) is 0 Å². The lowest BCUT2D eigenvalue weighted by Crippen LogP contribution is -2.39. The molecule has 3 heterocycles. The van der Waals surface area contributed by atoms with Crippen LogP contribution in [0.3, 0.4) is 0 Å². The maximum atomic E-state index is 12.9. The summed E-state index contributed by atoms with van der Waals surface area (Å²) in [6.07, 6.45) is 2.07. The molecule has 0 unspecified atom stereocenters. The van der Waals surface area contributed by atoms with E-state index in [1.165, 1.54) is 25.5 Å². The Morgan fingerprint density at radius 3 is 2.32 bits per heavy atom. The Hall–Kier alpha value is -1.89. The summed E-state index contributed by atoms with van der Waals surface area (Å²) in [6, 6.07) is 4.11. The normalized spacial score (nSPS) is 19.0. The number of hydrogen-bond donors (Lipinski definition) is 0. The minimum atomic E-state index is -4.43. The highest BCUT2D eigenvalue weighted by Crippen LogP contribution is 2.33. The monoisotopic (exact) mass is 392 g/mol. The van der Waals surface area contributed by atoms with Crippen molar-refractivity contribution in [2.45, 2.75) is 38.8 Å². The second-order valence-electron chi connectivity index (χ2n) is 8.12. The van der Waals surface area contributed by atoms with Gasteiger partial charge in [0, 0.05) is 37.8 Å². The van der Waals surface area contributed by atoms with Gasteiger partial charge in [0.15, 0.2) is 0 Å². The lowest BCUT2D eigenvalue weighted by atomic mass is 9.95. The summed E-state index contributed by atoms with van der Waals surface area (Å²) in [5.41, 5.74) is -0.505. The molecule has 4 nitrogen and oxygen atoms in total. The summed E-state index contributed by atoms with van der Waals surface area (Å²) in [6.45, 7) is 7.50. The van der Waals surface area contributed by atoms with Crippen LogP contribution in [0.2, 0.25) is 0 Å². The summed E-state index contributed by atoms with van der Waals surface area (Å²) in [4.78, 5) is 13.0. The quantitative estimate of drug-likeness (QED) is 0.719. The molecule has 2 aliphatic rings. The Bertz CT molecular complexity index is 811. The zero-order chi connectivity index (χ0) is 19.7. The van der Waals surface area contributed by atoms with Crippen LogP contribution in [0, 0.1) is 11.8 Å². The second-order valence-corrected chi connectivity index (χ2v) is 8.12. The van der Waals surface area contributed by atoms with Crippen molar-refractivity contribution in [2.24, 2.45) is 11.8 Å². The van der Waals surface area contributed by atoms with Crippen molar-refractivity contribution < 1.29 is 13.2 Å². The Morgan fingerprint density at radius 2 is 1.71 bits per heavy atom. The minimum Gasteiger partial charge on any atom is -0.356 e. The van der Waals surface area contributed by atoms with Crippen molar-refractivity contribution in [1.82, 2.24) is 14.9 Å². The molecule has 2 fully saturated rings. The first-order valence-electron chi connectivity index (χ1n) is 10.2. The molecule has 1 aliphatic carbocycles. The maximum absolute atomic E-state index is 12.9. The highest BCUT2D eigenvalue weighted by molar-refractivity contribution is 5.89. The first kappa shape index (κ1) is 19.4.